The summed E-state index contributed by atoms with van der Waals surface area (Å²) >= 11 is 0. The molecule has 5 atom stereocenters. The van der Waals surface area contributed by atoms with E-state index >= 15 is 0 Å². The molecule has 2 unspecified atom stereocenters. The van der Waals surface area contributed by atoms with E-state index in [1.165, 1.54) is 12.2 Å². The van der Waals surface area contributed by atoms with Gasteiger partial charge in [0.25, 0.3) is 0 Å². The Bertz CT molecular complexity index is 1200. The van der Waals surface area contributed by atoms with Gasteiger partial charge in [-0.05, 0) is 72.3 Å². The van der Waals surface area contributed by atoms with Crippen LogP contribution in [0.2, 0.25) is 0 Å². The molecule has 1 aromatic carbocycles. The van der Waals surface area contributed by atoms with Crippen LogP contribution in [0.5, 0.6) is 0 Å². The fourth-order valence-corrected chi connectivity index (χ4v) is 4.99. The van der Waals surface area contributed by atoms with E-state index in [-0.39, 0.29) is 43.3 Å². The normalized spacial score (nSPS) is 17.6. The van der Waals surface area contributed by atoms with Crippen molar-refractivity contribution in [3.63, 3.8) is 0 Å². The lowest BCUT2D eigenvalue weighted by atomic mass is 9.96. The number of ether oxygens (including phenoxy) is 3. The lowest BCUT2D eigenvalue weighted by Gasteiger charge is -2.32. The second-order valence-corrected chi connectivity index (χ2v) is 13.3. The number of nitrogens with one attached hydrogen (secondary N) is 4. The van der Waals surface area contributed by atoms with Crippen LogP contribution in [0.3, 0.4) is 0 Å². The van der Waals surface area contributed by atoms with Crippen LogP contribution in [0, 0.1) is 11.8 Å². The van der Waals surface area contributed by atoms with Gasteiger partial charge in [-0.1, -0.05) is 50.3 Å². The number of rotatable bonds is 16. The fraction of sp³-hybridized carbons (Fsp3) is 0.618. The highest BCUT2D eigenvalue weighted by Gasteiger charge is 2.35. The van der Waals surface area contributed by atoms with Crippen molar-refractivity contribution in [2.24, 2.45) is 11.8 Å². The summed E-state index contributed by atoms with van der Waals surface area (Å²) in [6.07, 6.45) is 1.98. The lowest BCUT2D eigenvalue weighted by Crippen LogP contribution is -2.59. The number of carbonyl (C=O) groups excluding carboxylic acids is 5. The van der Waals surface area contributed by atoms with E-state index in [9.17, 15) is 24.0 Å². The number of hydrogen-bond donors (Lipinski definition) is 4. The van der Waals surface area contributed by atoms with Crippen molar-refractivity contribution in [1.29, 1.82) is 0 Å². The third kappa shape index (κ3) is 14.4. The molecule has 46 heavy (non-hydrogen) atoms. The monoisotopic (exact) mass is 644 g/mol. The average molecular weight is 645 g/mol. The van der Waals surface area contributed by atoms with Crippen molar-refractivity contribution >= 4 is 29.8 Å². The Balaban J connectivity index is 2.23. The number of carbonyl (C=O) groups is 5. The molecule has 1 aliphatic rings. The van der Waals surface area contributed by atoms with Crippen molar-refractivity contribution in [1.82, 2.24) is 21.3 Å². The number of esters is 1. The van der Waals surface area contributed by atoms with Gasteiger partial charge in [0.1, 0.15) is 18.7 Å². The zero-order valence-electron chi connectivity index (χ0n) is 28.4. The zero-order chi connectivity index (χ0) is 34.4. The number of benzene rings is 1. The Morgan fingerprint density at radius 1 is 0.978 bits per heavy atom. The molecule has 12 heteroatoms. The summed E-state index contributed by atoms with van der Waals surface area (Å²) in [5.41, 5.74) is 0.146. The Labute approximate surface area is 272 Å². The molecule has 0 aromatic heterocycles. The standard InChI is InChI=1S/C34H52N4O8/c1-21(2)18-27(31(41)36-26(14-15-28(39)45-22(3)4)19-25-16-17-35-30(25)40)37-32(42)29(23(5)46-34(6,7)8)38-33(43)44-20-24-12-10-9-11-13-24/h9-15,21-23,25-27,29H,16-20H2,1-8H3,(H,35,40)(H,36,41)(H,37,42)(H,38,43)/b15-14+/t23?,25?,26-,27+,29+/m1/s1. The molecular formula is C34H52N4O8. The average Bonchev–Trinajstić information content (AvgIpc) is 3.35. The highest BCUT2D eigenvalue weighted by atomic mass is 16.6. The summed E-state index contributed by atoms with van der Waals surface area (Å²) in [7, 11) is 0. The van der Waals surface area contributed by atoms with Crippen LogP contribution in [0.15, 0.2) is 42.5 Å². The predicted octanol–water partition coefficient (Wildman–Crippen LogP) is 3.53. The van der Waals surface area contributed by atoms with Crippen molar-refractivity contribution < 1.29 is 38.2 Å². The van der Waals surface area contributed by atoms with E-state index in [4.69, 9.17) is 14.2 Å². The Morgan fingerprint density at radius 3 is 2.22 bits per heavy atom. The second kappa shape index (κ2) is 18.3. The Hall–Kier alpha value is -3.93. The first-order valence-electron chi connectivity index (χ1n) is 16.0. The third-order valence-corrected chi connectivity index (χ3v) is 6.96. The lowest BCUT2D eigenvalue weighted by molar-refractivity contribution is -0.141. The van der Waals surface area contributed by atoms with Gasteiger partial charge >= 0.3 is 12.1 Å². The van der Waals surface area contributed by atoms with Crippen molar-refractivity contribution in [2.45, 2.75) is 117 Å². The third-order valence-electron chi connectivity index (χ3n) is 6.96. The molecule has 0 saturated carbocycles. The van der Waals surface area contributed by atoms with E-state index in [0.717, 1.165) is 5.56 Å². The fourth-order valence-electron chi connectivity index (χ4n) is 4.99. The molecule has 1 fully saturated rings. The maximum Gasteiger partial charge on any atom is 0.408 e. The molecule has 1 aliphatic heterocycles. The smallest absolute Gasteiger partial charge is 0.408 e. The van der Waals surface area contributed by atoms with Crippen molar-refractivity contribution in [3.8, 4) is 0 Å². The SMILES string of the molecule is CC(C)C[C@H](NC(=O)[C@@H](NC(=O)OCc1ccccc1)C(C)OC(C)(C)C)C(=O)N[C@H](/C=C/C(=O)OC(C)C)CC1CCNC1=O. The molecule has 256 valence electrons. The molecular weight excluding hydrogens is 592 g/mol. The number of amides is 4. The quantitative estimate of drug-likeness (QED) is 0.157. The van der Waals surface area contributed by atoms with Gasteiger partial charge in [-0.25, -0.2) is 9.59 Å². The van der Waals surface area contributed by atoms with Gasteiger partial charge in [0.2, 0.25) is 17.7 Å². The summed E-state index contributed by atoms with van der Waals surface area (Å²) < 4.78 is 16.5. The molecule has 0 radical (unpaired) electrons. The Morgan fingerprint density at radius 2 is 1.65 bits per heavy atom. The second-order valence-electron chi connectivity index (χ2n) is 13.3. The van der Waals surface area contributed by atoms with E-state index in [0.29, 0.717) is 13.0 Å². The highest BCUT2D eigenvalue weighted by Crippen LogP contribution is 2.18. The summed E-state index contributed by atoms with van der Waals surface area (Å²) in [4.78, 5) is 64.7. The van der Waals surface area contributed by atoms with Crippen LogP contribution in [0.25, 0.3) is 0 Å². The molecule has 12 nitrogen and oxygen atoms in total. The largest absolute Gasteiger partial charge is 0.460 e. The van der Waals surface area contributed by atoms with Gasteiger partial charge in [0.15, 0.2) is 0 Å². The van der Waals surface area contributed by atoms with Gasteiger partial charge in [0.05, 0.1) is 17.8 Å². The summed E-state index contributed by atoms with van der Waals surface area (Å²) in [6.45, 7) is 15.0. The molecule has 4 N–H and O–H groups in total. The number of alkyl carbamates (subject to hydrolysis) is 1. The molecule has 1 heterocycles. The van der Waals surface area contributed by atoms with Gasteiger partial charge < -0.3 is 35.5 Å². The first kappa shape index (κ1) is 38.3. The van der Waals surface area contributed by atoms with Crippen LogP contribution < -0.4 is 21.3 Å². The topological polar surface area (TPSA) is 161 Å². The molecule has 2 rings (SSSR count). The molecule has 0 aliphatic carbocycles. The van der Waals surface area contributed by atoms with E-state index in [1.807, 2.05) is 65.0 Å². The predicted molar refractivity (Wildman–Crippen MR) is 173 cm³/mol. The highest BCUT2D eigenvalue weighted by molar-refractivity contribution is 5.92. The van der Waals surface area contributed by atoms with Crippen LogP contribution in [0.4, 0.5) is 4.79 Å². The zero-order valence-corrected chi connectivity index (χ0v) is 28.4. The Kier molecular flexibility index (Phi) is 15.2. The van der Waals surface area contributed by atoms with Gasteiger partial charge in [0, 0.05) is 24.6 Å². The summed E-state index contributed by atoms with van der Waals surface area (Å²) in [5, 5.41) is 11.1. The summed E-state index contributed by atoms with van der Waals surface area (Å²) in [6, 6.07) is 6.27. The van der Waals surface area contributed by atoms with E-state index in [1.54, 1.807) is 20.8 Å². The van der Waals surface area contributed by atoms with E-state index in [2.05, 4.69) is 21.3 Å². The molecule has 0 spiro atoms. The summed E-state index contributed by atoms with van der Waals surface area (Å²) in [5.74, 6) is -2.15. The molecule has 1 aromatic rings. The minimum absolute atomic E-state index is 0.00648. The minimum Gasteiger partial charge on any atom is -0.460 e. The van der Waals surface area contributed by atoms with Gasteiger partial charge in [-0.15, -0.1) is 0 Å². The molecule has 4 amide bonds. The van der Waals surface area contributed by atoms with Crippen LogP contribution in [-0.4, -0.2) is 72.3 Å². The maximum absolute atomic E-state index is 13.7. The first-order chi connectivity index (χ1) is 21.5. The van der Waals surface area contributed by atoms with Crippen LogP contribution >= 0.6 is 0 Å². The van der Waals surface area contributed by atoms with Crippen molar-refractivity contribution in [3.05, 3.63) is 48.0 Å². The van der Waals surface area contributed by atoms with Gasteiger partial charge in [-0.2, -0.15) is 0 Å². The van der Waals surface area contributed by atoms with Crippen molar-refractivity contribution in [2.75, 3.05) is 6.54 Å². The molecule has 1 saturated heterocycles. The van der Waals surface area contributed by atoms with Gasteiger partial charge in [-0.3, -0.25) is 14.4 Å². The first-order valence-corrected chi connectivity index (χ1v) is 16.0. The maximum atomic E-state index is 13.7. The van der Waals surface area contributed by atoms with E-state index < -0.39 is 53.7 Å². The van der Waals surface area contributed by atoms with Crippen LogP contribution in [-0.2, 0) is 40.0 Å². The minimum atomic E-state index is -1.19. The van der Waals surface area contributed by atoms with Crippen LogP contribution in [0.1, 0.15) is 80.2 Å². The molecule has 0 bridgehead atoms. The number of hydrogen-bond acceptors (Lipinski definition) is 8.